The van der Waals surface area contributed by atoms with Crippen LogP contribution in [0.15, 0.2) is 29.2 Å². The van der Waals surface area contributed by atoms with Crippen molar-refractivity contribution < 1.29 is 0 Å². The molecule has 0 radical (unpaired) electrons. The normalized spacial score (nSPS) is 12.8. The van der Waals surface area contributed by atoms with Crippen LogP contribution < -0.4 is 5.32 Å². The molecule has 1 nitrogen and oxygen atoms in total. The summed E-state index contributed by atoms with van der Waals surface area (Å²) in [6.07, 6.45) is 2.10. The van der Waals surface area contributed by atoms with E-state index in [9.17, 15) is 0 Å². The van der Waals surface area contributed by atoms with Gasteiger partial charge >= 0.3 is 0 Å². The molecule has 0 amide bonds. The van der Waals surface area contributed by atoms with Crippen LogP contribution in [0.1, 0.15) is 25.5 Å². The summed E-state index contributed by atoms with van der Waals surface area (Å²) in [6.45, 7) is 5.34. The van der Waals surface area contributed by atoms with E-state index in [1.807, 2.05) is 0 Å². The quantitative estimate of drug-likeness (QED) is 0.741. The molecule has 1 rings (SSSR count). The van der Waals surface area contributed by atoms with Crippen LogP contribution >= 0.6 is 11.8 Å². The molecule has 0 aliphatic rings. The van der Waals surface area contributed by atoms with E-state index in [0.717, 1.165) is 6.54 Å². The lowest BCUT2D eigenvalue weighted by molar-refractivity contribution is 0.598. The smallest absolute Gasteiger partial charge is 0.0291 e. The van der Waals surface area contributed by atoms with Gasteiger partial charge in [-0.1, -0.05) is 19.1 Å². The zero-order valence-electron chi connectivity index (χ0n) is 8.50. The maximum Gasteiger partial charge on any atom is 0.0291 e. The van der Waals surface area contributed by atoms with Gasteiger partial charge in [0.1, 0.15) is 0 Å². The van der Waals surface area contributed by atoms with Gasteiger partial charge in [0.2, 0.25) is 0 Å². The van der Waals surface area contributed by atoms with Crippen molar-refractivity contribution >= 4 is 11.8 Å². The average molecular weight is 195 g/mol. The summed E-state index contributed by atoms with van der Waals surface area (Å²) in [5.41, 5.74) is 1.36. The summed E-state index contributed by atoms with van der Waals surface area (Å²) < 4.78 is 0. The van der Waals surface area contributed by atoms with E-state index in [1.54, 1.807) is 11.8 Å². The van der Waals surface area contributed by atoms with Crippen molar-refractivity contribution in [1.82, 2.24) is 5.32 Å². The lowest BCUT2D eigenvalue weighted by Crippen LogP contribution is -2.17. The van der Waals surface area contributed by atoms with Crippen molar-refractivity contribution in [3.05, 3.63) is 29.8 Å². The van der Waals surface area contributed by atoms with Gasteiger partial charge in [-0.2, -0.15) is 0 Å². The van der Waals surface area contributed by atoms with Crippen molar-refractivity contribution in [2.45, 2.75) is 24.8 Å². The van der Waals surface area contributed by atoms with Crippen LogP contribution in [0.25, 0.3) is 0 Å². The Hall–Kier alpha value is -0.470. The van der Waals surface area contributed by atoms with Crippen molar-refractivity contribution in [2.24, 2.45) is 0 Å². The van der Waals surface area contributed by atoms with E-state index in [1.165, 1.54) is 10.5 Å². The van der Waals surface area contributed by atoms with E-state index in [0.29, 0.717) is 6.04 Å². The van der Waals surface area contributed by atoms with Crippen LogP contribution in [0, 0.1) is 0 Å². The standard InChI is InChI=1S/C11H17NS/c1-4-12-9(2)10-5-7-11(13-3)8-6-10/h5-9,12H,4H2,1-3H3. The Morgan fingerprint density at radius 2 is 1.92 bits per heavy atom. The van der Waals surface area contributed by atoms with Crippen LogP contribution in [0.5, 0.6) is 0 Å². The summed E-state index contributed by atoms with van der Waals surface area (Å²) in [4.78, 5) is 1.33. The van der Waals surface area contributed by atoms with E-state index in [2.05, 4.69) is 49.7 Å². The van der Waals surface area contributed by atoms with Gasteiger partial charge in [0.25, 0.3) is 0 Å². The first-order valence-electron chi connectivity index (χ1n) is 4.65. The van der Waals surface area contributed by atoms with Gasteiger partial charge in [0, 0.05) is 10.9 Å². The Labute approximate surface area is 84.9 Å². The molecule has 0 bridgehead atoms. The minimum Gasteiger partial charge on any atom is -0.310 e. The lowest BCUT2D eigenvalue weighted by Gasteiger charge is -2.12. The number of hydrogen-bond acceptors (Lipinski definition) is 2. The average Bonchev–Trinajstić information content (AvgIpc) is 2.18. The fraction of sp³-hybridized carbons (Fsp3) is 0.455. The zero-order chi connectivity index (χ0) is 9.68. The van der Waals surface area contributed by atoms with Crippen LogP contribution in [0.2, 0.25) is 0 Å². The number of benzene rings is 1. The molecule has 0 fully saturated rings. The second-order valence-electron chi connectivity index (χ2n) is 3.05. The summed E-state index contributed by atoms with van der Waals surface area (Å²) in [5.74, 6) is 0. The fourth-order valence-corrected chi connectivity index (χ4v) is 1.72. The molecule has 0 aliphatic heterocycles. The molecule has 0 aromatic heterocycles. The largest absolute Gasteiger partial charge is 0.310 e. The summed E-state index contributed by atoms with van der Waals surface area (Å²) >= 11 is 1.78. The van der Waals surface area contributed by atoms with Crippen LogP contribution in [0.3, 0.4) is 0 Å². The number of hydrogen-bond donors (Lipinski definition) is 1. The van der Waals surface area contributed by atoms with Gasteiger partial charge < -0.3 is 5.32 Å². The molecule has 1 aromatic carbocycles. The van der Waals surface area contributed by atoms with Gasteiger partial charge in [-0.05, 0) is 37.4 Å². The Kier molecular flexibility index (Phi) is 4.33. The van der Waals surface area contributed by atoms with Gasteiger partial charge in [-0.25, -0.2) is 0 Å². The third-order valence-corrected chi connectivity index (χ3v) is 2.87. The zero-order valence-corrected chi connectivity index (χ0v) is 9.32. The van der Waals surface area contributed by atoms with E-state index >= 15 is 0 Å². The third-order valence-electron chi connectivity index (χ3n) is 2.13. The minimum absolute atomic E-state index is 0.459. The van der Waals surface area contributed by atoms with Crippen molar-refractivity contribution in [3.8, 4) is 0 Å². The van der Waals surface area contributed by atoms with Crippen LogP contribution in [-0.2, 0) is 0 Å². The predicted molar refractivity (Wildman–Crippen MR) is 60.3 cm³/mol. The first-order valence-corrected chi connectivity index (χ1v) is 5.87. The summed E-state index contributed by atoms with van der Waals surface area (Å²) in [6, 6.07) is 9.20. The molecule has 0 saturated carbocycles. The molecule has 0 saturated heterocycles. The van der Waals surface area contributed by atoms with E-state index in [4.69, 9.17) is 0 Å². The van der Waals surface area contributed by atoms with Crippen molar-refractivity contribution in [2.75, 3.05) is 12.8 Å². The highest BCUT2D eigenvalue weighted by atomic mass is 32.2. The number of thioether (sulfide) groups is 1. The van der Waals surface area contributed by atoms with Gasteiger partial charge in [-0.3, -0.25) is 0 Å². The second-order valence-corrected chi connectivity index (χ2v) is 3.93. The molecule has 0 spiro atoms. The first-order chi connectivity index (χ1) is 6.27. The Morgan fingerprint density at radius 3 is 2.38 bits per heavy atom. The van der Waals surface area contributed by atoms with Crippen LogP contribution in [0.4, 0.5) is 0 Å². The third kappa shape index (κ3) is 3.05. The summed E-state index contributed by atoms with van der Waals surface area (Å²) in [5, 5.41) is 3.39. The Morgan fingerprint density at radius 1 is 1.31 bits per heavy atom. The van der Waals surface area contributed by atoms with Gasteiger partial charge in [-0.15, -0.1) is 11.8 Å². The second kappa shape index (κ2) is 5.30. The SMILES string of the molecule is CCNC(C)c1ccc(SC)cc1. The molecule has 1 unspecified atom stereocenters. The molecule has 1 aromatic rings. The minimum atomic E-state index is 0.459. The lowest BCUT2D eigenvalue weighted by atomic mass is 10.1. The van der Waals surface area contributed by atoms with E-state index in [-0.39, 0.29) is 0 Å². The molecule has 13 heavy (non-hydrogen) atoms. The molecule has 0 heterocycles. The molecule has 0 aliphatic carbocycles. The monoisotopic (exact) mass is 195 g/mol. The number of rotatable bonds is 4. The Bertz CT molecular complexity index is 243. The maximum absolute atomic E-state index is 3.39. The highest BCUT2D eigenvalue weighted by molar-refractivity contribution is 7.98. The highest BCUT2D eigenvalue weighted by Gasteiger charge is 2.01. The van der Waals surface area contributed by atoms with Gasteiger partial charge in [0.15, 0.2) is 0 Å². The Balaban J connectivity index is 2.67. The highest BCUT2D eigenvalue weighted by Crippen LogP contribution is 2.18. The van der Waals surface area contributed by atoms with Crippen LogP contribution in [-0.4, -0.2) is 12.8 Å². The predicted octanol–water partition coefficient (Wildman–Crippen LogP) is 3.08. The first kappa shape index (κ1) is 10.6. The molecule has 72 valence electrons. The van der Waals surface area contributed by atoms with Crippen molar-refractivity contribution in [1.29, 1.82) is 0 Å². The summed E-state index contributed by atoms with van der Waals surface area (Å²) in [7, 11) is 0. The molecular formula is C11H17NS. The topological polar surface area (TPSA) is 12.0 Å². The molecular weight excluding hydrogens is 178 g/mol. The van der Waals surface area contributed by atoms with E-state index < -0.39 is 0 Å². The fourth-order valence-electron chi connectivity index (χ4n) is 1.32. The number of nitrogens with one attached hydrogen (secondary N) is 1. The molecule has 1 N–H and O–H groups in total. The molecule has 1 atom stereocenters. The maximum atomic E-state index is 3.39. The van der Waals surface area contributed by atoms with Crippen molar-refractivity contribution in [3.63, 3.8) is 0 Å². The molecule has 2 heteroatoms. The van der Waals surface area contributed by atoms with Gasteiger partial charge in [0.05, 0.1) is 0 Å².